The number of rotatable bonds is 3. The van der Waals surface area contributed by atoms with Gasteiger partial charge in [-0.1, -0.05) is 23.8 Å². The molecule has 6 heteroatoms. The monoisotopic (exact) mass is 416 g/mol. The third-order valence-corrected chi connectivity index (χ3v) is 8.14. The predicted molar refractivity (Wildman–Crippen MR) is 76.0 cm³/mol. The van der Waals surface area contributed by atoms with Gasteiger partial charge in [0, 0.05) is 11.8 Å². The maximum absolute atomic E-state index is 12.0. The molecule has 0 unspecified atom stereocenters. The zero-order valence-electron chi connectivity index (χ0n) is 8.70. The lowest BCUT2D eigenvalue weighted by molar-refractivity contribution is 0.101. The summed E-state index contributed by atoms with van der Waals surface area (Å²) in [5.74, 6) is -0.459. The summed E-state index contributed by atoms with van der Waals surface area (Å²) in [4.78, 5) is 12.0. The van der Waals surface area contributed by atoms with E-state index in [4.69, 9.17) is 0 Å². The van der Waals surface area contributed by atoms with Crippen LogP contribution in [0.15, 0.2) is 24.3 Å². The summed E-state index contributed by atoms with van der Waals surface area (Å²) in [7, 11) is -3.51. The number of Topliss-reactive ketones (excluding diaryl/α,β-unsaturated/α-hetero) is 1. The van der Waals surface area contributed by atoms with Crippen LogP contribution >= 0.6 is 38.5 Å². The fourth-order valence-corrected chi connectivity index (χ4v) is 2.12. The summed E-state index contributed by atoms with van der Waals surface area (Å²) < 4.78 is 21.4. The summed E-state index contributed by atoms with van der Waals surface area (Å²) >= 11 is 4.58. The second kappa shape index (κ2) is 4.73. The first-order chi connectivity index (χ1) is 7.16. The minimum atomic E-state index is -3.51. The molecule has 88 valence electrons. The number of carbonyl (C=O) groups excluding carboxylic acids is 1. The Morgan fingerprint density at radius 1 is 1.44 bits per heavy atom. The van der Waals surface area contributed by atoms with E-state index in [0.717, 1.165) is 11.8 Å². The van der Waals surface area contributed by atoms with Crippen molar-refractivity contribution in [1.82, 2.24) is 0 Å². The topological polar surface area (TPSA) is 51.2 Å². The van der Waals surface area contributed by atoms with E-state index in [1.807, 2.05) is 13.0 Å². The molecule has 0 fully saturated rings. The molecule has 0 aromatic heterocycles. The lowest BCUT2D eigenvalue weighted by Crippen LogP contribution is -2.33. The average Bonchev–Trinajstić information content (AvgIpc) is 2.14. The second-order valence-corrected chi connectivity index (χ2v) is 11.2. The Hall–Kier alpha value is 0.0500. The van der Waals surface area contributed by atoms with Crippen molar-refractivity contribution < 1.29 is 13.2 Å². The maximum atomic E-state index is 12.0. The van der Waals surface area contributed by atoms with Crippen LogP contribution in [0.4, 0.5) is 0 Å². The lowest BCUT2D eigenvalue weighted by Gasteiger charge is -2.17. The third-order valence-electron chi connectivity index (χ3n) is 2.01. The Kier molecular flexibility index (Phi) is 4.18. The van der Waals surface area contributed by atoms with E-state index in [-0.39, 0.29) is 0 Å². The van der Waals surface area contributed by atoms with Gasteiger partial charge in [-0.3, -0.25) is 4.79 Å². The van der Waals surface area contributed by atoms with E-state index in [1.54, 1.807) is 40.8 Å². The number of alkyl halides is 2. The average molecular weight is 417 g/mol. The van der Waals surface area contributed by atoms with Gasteiger partial charge in [0.15, 0.2) is 9.84 Å². The van der Waals surface area contributed by atoms with Crippen LogP contribution in [0, 0.1) is 6.92 Å². The van der Waals surface area contributed by atoms with Gasteiger partial charge in [-0.25, -0.2) is 8.42 Å². The van der Waals surface area contributed by atoms with Gasteiger partial charge in [0.2, 0.25) is 7.45 Å². The van der Waals surface area contributed by atoms with Crippen LogP contribution in [-0.4, -0.2) is 22.1 Å². The highest BCUT2D eigenvalue weighted by atomic mass is 127. The predicted octanol–water partition coefficient (Wildman–Crippen LogP) is 2.71. The molecule has 0 aliphatic rings. The van der Waals surface area contributed by atoms with Crippen molar-refractivity contribution in [1.29, 1.82) is 0 Å². The quantitative estimate of drug-likeness (QED) is 0.432. The summed E-state index contributed by atoms with van der Waals surface area (Å²) in [6.07, 6.45) is 1.03. The van der Waals surface area contributed by atoms with Crippen LogP contribution in [0.5, 0.6) is 0 Å². The van der Waals surface area contributed by atoms with Crippen molar-refractivity contribution in [3.05, 3.63) is 35.4 Å². The Balaban J connectivity index is 3.23. The second-order valence-electron chi connectivity index (χ2n) is 3.49. The third kappa shape index (κ3) is 2.84. The van der Waals surface area contributed by atoms with Crippen molar-refractivity contribution in [3.63, 3.8) is 0 Å². The highest BCUT2D eigenvalue weighted by Gasteiger charge is 2.43. The standard InChI is InChI=1S/C10H10BrIO3S/c1-7-4-3-5-8(6-7)9(13)10(11,12)16(2,14)15/h3-6H,1-2H3/t10-/m0/s1. The fourth-order valence-electron chi connectivity index (χ4n) is 1.12. The van der Waals surface area contributed by atoms with E-state index in [9.17, 15) is 13.2 Å². The first kappa shape index (κ1) is 14.1. The van der Waals surface area contributed by atoms with Gasteiger partial charge >= 0.3 is 0 Å². The molecule has 3 nitrogen and oxygen atoms in total. The molecule has 0 saturated heterocycles. The van der Waals surface area contributed by atoms with Crippen molar-refractivity contribution in [3.8, 4) is 0 Å². The summed E-state index contributed by atoms with van der Waals surface area (Å²) in [6, 6.07) is 6.85. The van der Waals surface area contributed by atoms with Crippen LogP contribution in [0.1, 0.15) is 15.9 Å². The largest absolute Gasteiger partial charge is 0.290 e. The molecule has 1 aromatic rings. The molecule has 0 saturated carbocycles. The van der Waals surface area contributed by atoms with Crippen LogP contribution < -0.4 is 0 Å². The number of halogens is 2. The molecule has 0 bridgehead atoms. The highest BCUT2D eigenvalue weighted by molar-refractivity contribution is 14.1. The Bertz CT molecular complexity index is 523. The number of carbonyl (C=O) groups is 1. The minimum absolute atomic E-state index is 0.386. The molecule has 0 amide bonds. The van der Waals surface area contributed by atoms with Crippen molar-refractivity contribution in [2.45, 2.75) is 8.59 Å². The van der Waals surface area contributed by atoms with Crippen LogP contribution in [-0.2, 0) is 9.84 Å². The van der Waals surface area contributed by atoms with Gasteiger partial charge < -0.3 is 0 Å². The van der Waals surface area contributed by atoms with Gasteiger partial charge in [-0.15, -0.1) is 0 Å². The SMILES string of the molecule is Cc1cccc(C(=O)[C@](Br)(I)S(C)(=O)=O)c1. The van der Waals surface area contributed by atoms with E-state index in [1.165, 1.54) is 0 Å². The van der Waals surface area contributed by atoms with Gasteiger partial charge in [0.25, 0.3) is 0 Å². The normalized spacial score (nSPS) is 15.5. The van der Waals surface area contributed by atoms with Crippen LogP contribution in [0.3, 0.4) is 0 Å². The van der Waals surface area contributed by atoms with E-state index < -0.39 is 17.3 Å². The number of hydrogen-bond donors (Lipinski definition) is 0. The van der Waals surface area contributed by atoms with Crippen molar-refractivity contribution in [2.24, 2.45) is 0 Å². The zero-order chi connectivity index (χ0) is 12.6. The smallest absolute Gasteiger partial charge is 0.238 e. The number of hydrogen-bond acceptors (Lipinski definition) is 3. The Morgan fingerprint density at radius 3 is 2.44 bits per heavy atom. The number of aryl methyl sites for hydroxylation is 1. The number of benzene rings is 1. The van der Waals surface area contributed by atoms with Crippen molar-refractivity contribution >= 4 is 54.1 Å². The molecule has 0 heterocycles. The first-order valence-electron chi connectivity index (χ1n) is 4.35. The summed E-state index contributed by atoms with van der Waals surface area (Å²) in [5.41, 5.74) is 1.30. The number of sulfone groups is 1. The van der Waals surface area contributed by atoms with Gasteiger partial charge in [-0.2, -0.15) is 0 Å². The van der Waals surface area contributed by atoms with E-state index >= 15 is 0 Å². The maximum Gasteiger partial charge on any atom is 0.238 e. The molecule has 0 aliphatic carbocycles. The molecule has 0 spiro atoms. The lowest BCUT2D eigenvalue weighted by atomic mass is 10.1. The van der Waals surface area contributed by atoms with Crippen molar-refractivity contribution in [2.75, 3.05) is 6.26 Å². The fraction of sp³-hybridized carbons (Fsp3) is 0.300. The summed E-state index contributed by atoms with van der Waals surface area (Å²) in [5, 5.41) is 0. The Morgan fingerprint density at radius 2 is 2.00 bits per heavy atom. The Labute approximate surface area is 117 Å². The molecule has 1 rings (SSSR count). The van der Waals surface area contributed by atoms with Gasteiger partial charge in [-0.05, 0) is 51.5 Å². The van der Waals surface area contributed by atoms with Gasteiger partial charge in [0.1, 0.15) is 0 Å². The minimum Gasteiger partial charge on any atom is -0.290 e. The molecule has 0 radical (unpaired) electrons. The summed E-state index contributed by atoms with van der Waals surface area (Å²) in [6.45, 7) is 1.85. The first-order valence-corrected chi connectivity index (χ1v) is 8.11. The highest BCUT2D eigenvalue weighted by Crippen LogP contribution is 2.36. The van der Waals surface area contributed by atoms with Crippen LogP contribution in [0.2, 0.25) is 0 Å². The molecule has 0 N–H and O–H groups in total. The van der Waals surface area contributed by atoms with E-state index in [2.05, 4.69) is 15.9 Å². The molecular weight excluding hydrogens is 407 g/mol. The number of ketones is 1. The molecule has 16 heavy (non-hydrogen) atoms. The van der Waals surface area contributed by atoms with E-state index in [0.29, 0.717) is 5.56 Å². The zero-order valence-corrected chi connectivity index (χ0v) is 13.3. The van der Waals surface area contributed by atoms with Gasteiger partial charge in [0.05, 0.1) is 0 Å². The van der Waals surface area contributed by atoms with Crippen LogP contribution in [0.25, 0.3) is 0 Å². The molecule has 0 aliphatic heterocycles. The molecule has 1 aromatic carbocycles. The molecule has 1 atom stereocenters. The molecular formula is C10H10BrIO3S.